The van der Waals surface area contributed by atoms with E-state index in [1.807, 2.05) is 19.1 Å². The quantitative estimate of drug-likeness (QED) is 0.871. The van der Waals surface area contributed by atoms with E-state index in [1.165, 1.54) is 11.3 Å². The molecule has 24 heavy (non-hydrogen) atoms. The van der Waals surface area contributed by atoms with Crippen molar-refractivity contribution in [2.24, 2.45) is 0 Å². The second-order valence-corrected chi connectivity index (χ2v) is 6.36. The van der Waals surface area contributed by atoms with Gasteiger partial charge >= 0.3 is 6.03 Å². The predicted octanol–water partition coefficient (Wildman–Crippen LogP) is 2.91. The highest BCUT2D eigenvalue weighted by Crippen LogP contribution is 2.27. The molecule has 2 rings (SSSR count). The normalized spacial score (nSPS) is 14.2. The van der Waals surface area contributed by atoms with Gasteiger partial charge in [-0.05, 0) is 43.9 Å². The van der Waals surface area contributed by atoms with Crippen molar-refractivity contribution in [3.8, 4) is 0 Å². The molecule has 1 aliphatic heterocycles. The molecule has 1 saturated heterocycles. The highest BCUT2D eigenvalue weighted by Gasteiger charge is 2.19. The molecule has 0 bridgehead atoms. The Morgan fingerprint density at radius 2 is 1.88 bits per heavy atom. The molecular weight excluding hydrogens is 304 g/mol. The molecule has 132 valence electrons. The number of hydrogen-bond acceptors (Lipinski definition) is 3. The first-order valence-electron chi connectivity index (χ1n) is 8.68. The van der Waals surface area contributed by atoms with Gasteiger partial charge in [0.05, 0.1) is 5.56 Å². The molecular formula is C18H28N4O2. The summed E-state index contributed by atoms with van der Waals surface area (Å²) >= 11 is 0. The molecule has 0 unspecified atom stereocenters. The van der Waals surface area contributed by atoms with Crippen LogP contribution in [-0.2, 0) is 0 Å². The fraction of sp³-hybridized carbons (Fsp3) is 0.556. The summed E-state index contributed by atoms with van der Waals surface area (Å²) in [6.07, 6.45) is 4.43. The third-order valence-corrected chi connectivity index (χ3v) is 4.13. The van der Waals surface area contributed by atoms with Crippen LogP contribution in [0.3, 0.4) is 0 Å². The summed E-state index contributed by atoms with van der Waals surface area (Å²) in [5.74, 6) is -0.0848. The van der Waals surface area contributed by atoms with Crippen LogP contribution in [0, 0.1) is 0 Å². The number of carbonyl (C=O) groups is 2. The number of benzene rings is 1. The van der Waals surface area contributed by atoms with Gasteiger partial charge in [0.1, 0.15) is 0 Å². The Balaban J connectivity index is 2.28. The molecule has 1 heterocycles. The minimum atomic E-state index is -0.208. The van der Waals surface area contributed by atoms with Crippen molar-refractivity contribution in [2.75, 3.05) is 43.9 Å². The van der Waals surface area contributed by atoms with Gasteiger partial charge in [-0.2, -0.15) is 0 Å². The minimum absolute atomic E-state index is 0.0848. The lowest BCUT2D eigenvalue weighted by atomic mass is 10.1. The zero-order valence-electron chi connectivity index (χ0n) is 14.9. The smallest absolute Gasteiger partial charge is 0.321 e. The van der Waals surface area contributed by atoms with Crippen LogP contribution in [0.25, 0.3) is 0 Å². The van der Waals surface area contributed by atoms with Gasteiger partial charge in [-0.25, -0.2) is 4.79 Å². The highest BCUT2D eigenvalue weighted by atomic mass is 16.2. The number of nitrogens with one attached hydrogen (secondary N) is 2. The summed E-state index contributed by atoms with van der Waals surface area (Å²) < 4.78 is 0. The number of amides is 3. The molecule has 0 saturated carbocycles. The number of urea groups is 1. The van der Waals surface area contributed by atoms with Gasteiger partial charge in [0.15, 0.2) is 0 Å². The summed E-state index contributed by atoms with van der Waals surface area (Å²) in [5.41, 5.74) is 2.21. The highest BCUT2D eigenvalue weighted by molar-refractivity contribution is 6.02. The Labute approximate surface area is 144 Å². The zero-order valence-corrected chi connectivity index (χ0v) is 14.9. The van der Waals surface area contributed by atoms with Crippen molar-refractivity contribution in [3.05, 3.63) is 23.8 Å². The Hall–Kier alpha value is -2.24. The van der Waals surface area contributed by atoms with Gasteiger partial charge in [-0.3, -0.25) is 4.79 Å². The van der Waals surface area contributed by atoms with Crippen molar-refractivity contribution in [1.82, 2.24) is 10.2 Å². The number of carbonyl (C=O) groups excluding carboxylic acids is 2. The van der Waals surface area contributed by atoms with E-state index in [-0.39, 0.29) is 11.9 Å². The lowest BCUT2D eigenvalue weighted by molar-refractivity contribution is 0.0954. The van der Waals surface area contributed by atoms with Gasteiger partial charge < -0.3 is 20.4 Å². The molecule has 0 aromatic heterocycles. The van der Waals surface area contributed by atoms with Crippen LogP contribution in [0.15, 0.2) is 18.2 Å². The fourth-order valence-electron chi connectivity index (χ4n) is 2.78. The monoisotopic (exact) mass is 332 g/mol. The van der Waals surface area contributed by atoms with Crippen molar-refractivity contribution in [2.45, 2.75) is 32.6 Å². The average molecular weight is 332 g/mol. The number of rotatable bonds is 5. The zero-order chi connectivity index (χ0) is 17.5. The molecule has 6 nitrogen and oxygen atoms in total. The second kappa shape index (κ2) is 8.57. The molecule has 1 aliphatic rings. The van der Waals surface area contributed by atoms with Crippen LogP contribution in [-0.4, -0.2) is 50.6 Å². The van der Waals surface area contributed by atoms with Crippen LogP contribution in [0.2, 0.25) is 0 Å². The average Bonchev–Trinajstić information content (AvgIpc) is 2.60. The van der Waals surface area contributed by atoms with E-state index in [1.54, 1.807) is 20.2 Å². The van der Waals surface area contributed by atoms with E-state index in [2.05, 4.69) is 15.5 Å². The second-order valence-electron chi connectivity index (χ2n) is 6.36. The topological polar surface area (TPSA) is 64.7 Å². The summed E-state index contributed by atoms with van der Waals surface area (Å²) in [7, 11) is 3.37. The molecule has 1 aromatic carbocycles. The number of nitrogens with zero attached hydrogens (tertiary/aromatic N) is 2. The number of hydrogen-bond donors (Lipinski definition) is 2. The lowest BCUT2D eigenvalue weighted by Crippen LogP contribution is -2.33. The van der Waals surface area contributed by atoms with E-state index in [0.717, 1.165) is 38.0 Å². The van der Waals surface area contributed by atoms with Crippen molar-refractivity contribution < 1.29 is 9.59 Å². The Morgan fingerprint density at radius 3 is 2.50 bits per heavy atom. The predicted molar refractivity (Wildman–Crippen MR) is 97.8 cm³/mol. The molecule has 1 aromatic rings. The Kier molecular flexibility index (Phi) is 6.46. The van der Waals surface area contributed by atoms with Crippen molar-refractivity contribution in [3.63, 3.8) is 0 Å². The number of piperidine rings is 1. The van der Waals surface area contributed by atoms with Crippen LogP contribution in [0.5, 0.6) is 0 Å². The third-order valence-electron chi connectivity index (χ3n) is 4.13. The van der Waals surface area contributed by atoms with Gasteiger partial charge in [0.25, 0.3) is 5.91 Å². The van der Waals surface area contributed by atoms with Crippen LogP contribution in [0.1, 0.15) is 43.0 Å². The molecule has 0 aliphatic carbocycles. The molecule has 3 amide bonds. The van der Waals surface area contributed by atoms with E-state index in [0.29, 0.717) is 17.8 Å². The SMILES string of the molecule is CCCNC(=O)c1cc(NC(=O)N(C)C)ccc1N1CCCCC1. The van der Waals surface area contributed by atoms with Gasteiger partial charge in [0.2, 0.25) is 0 Å². The third kappa shape index (κ3) is 4.63. The summed E-state index contributed by atoms with van der Waals surface area (Å²) in [6, 6.07) is 5.37. The maximum atomic E-state index is 12.6. The maximum Gasteiger partial charge on any atom is 0.321 e. The van der Waals surface area contributed by atoms with Crippen molar-refractivity contribution >= 4 is 23.3 Å². The molecule has 6 heteroatoms. The number of anilines is 2. The van der Waals surface area contributed by atoms with Crippen molar-refractivity contribution in [1.29, 1.82) is 0 Å². The van der Waals surface area contributed by atoms with E-state index in [9.17, 15) is 9.59 Å². The summed E-state index contributed by atoms with van der Waals surface area (Å²) in [4.78, 5) is 28.2. The molecule has 1 fully saturated rings. The molecule has 2 N–H and O–H groups in total. The minimum Gasteiger partial charge on any atom is -0.371 e. The van der Waals surface area contributed by atoms with Gasteiger partial charge in [0, 0.05) is 45.1 Å². The Morgan fingerprint density at radius 1 is 1.17 bits per heavy atom. The maximum absolute atomic E-state index is 12.6. The molecule has 0 radical (unpaired) electrons. The van der Waals surface area contributed by atoms with E-state index < -0.39 is 0 Å². The summed E-state index contributed by atoms with van der Waals surface area (Å²) in [6.45, 7) is 4.61. The van der Waals surface area contributed by atoms with Gasteiger partial charge in [-0.15, -0.1) is 0 Å². The summed E-state index contributed by atoms with van der Waals surface area (Å²) in [5, 5.41) is 5.75. The van der Waals surface area contributed by atoms with Crippen LogP contribution < -0.4 is 15.5 Å². The van der Waals surface area contributed by atoms with E-state index in [4.69, 9.17) is 0 Å². The van der Waals surface area contributed by atoms with Crippen LogP contribution in [0.4, 0.5) is 16.2 Å². The van der Waals surface area contributed by atoms with Gasteiger partial charge in [-0.1, -0.05) is 6.92 Å². The fourth-order valence-corrected chi connectivity index (χ4v) is 2.78. The molecule has 0 spiro atoms. The Bertz CT molecular complexity index is 580. The first kappa shape index (κ1) is 18.1. The van der Waals surface area contributed by atoms with Crippen LogP contribution >= 0.6 is 0 Å². The first-order chi connectivity index (χ1) is 11.5. The standard InChI is InChI=1S/C18H28N4O2/c1-4-10-19-17(23)15-13-14(20-18(24)21(2)3)8-9-16(15)22-11-6-5-7-12-22/h8-9,13H,4-7,10-12H2,1-3H3,(H,19,23)(H,20,24). The largest absolute Gasteiger partial charge is 0.371 e. The first-order valence-corrected chi connectivity index (χ1v) is 8.68. The van der Waals surface area contributed by atoms with E-state index >= 15 is 0 Å². The molecule has 0 atom stereocenters. The lowest BCUT2D eigenvalue weighted by Gasteiger charge is -2.30.